The Balaban J connectivity index is 2.02. The third-order valence-corrected chi connectivity index (χ3v) is 4.16. The van der Waals surface area contributed by atoms with Crippen LogP contribution >= 0.6 is 11.6 Å². The van der Waals surface area contributed by atoms with Crippen LogP contribution in [0.1, 0.15) is 62.4 Å². The lowest BCUT2D eigenvalue weighted by Gasteiger charge is -2.21. The summed E-state index contributed by atoms with van der Waals surface area (Å²) in [5.41, 5.74) is 0.317. The standard InChI is InChI=1S/C16H24ClN3O/c1-2-18-14-11-10-13(17)15(20-14)16(21)19-12-8-6-4-3-5-7-9-12/h10-12H,2-9H2,1H3,(H,18,20)(H,19,21). The molecule has 0 aliphatic heterocycles. The first kappa shape index (κ1) is 16.1. The van der Waals surface area contributed by atoms with E-state index >= 15 is 0 Å². The number of rotatable bonds is 4. The summed E-state index contributed by atoms with van der Waals surface area (Å²) in [7, 11) is 0. The molecule has 116 valence electrons. The fraction of sp³-hybridized carbons (Fsp3) is 0.625. The number of carbonyl (C=O) groups excluding carboxylic acids is 1. The second kappa shape index (κ2) is 8.23. The molecule has 0 bridgehead atoms. The molecule has 2 N–H and O–H groups in total. The van der Waals surface area contributed by atoms with Crippen molar-refractivity contribution >= 4 is 23.3 Å². The van der Waals surface area contributed by atoms with Crippen LogP contribution in [0.15, 0.2) is 12.1 Å². The topological polar surface area (TPSA) is 54.0 Å². The van der Waals surface area contributed by atoms with Crippen LogP contribution in [-0.4, -0.2) is 23.5 Å². The molecule has 0 radical (unpaired) electrons. The average Bonchev–Trinajstić information content (AvgIpc) is 2.44. The van der Waals surface area contributed by atoms with Crippen molar-refractivity contribution in [2.45, 2.75) is 57.9 Å². The van der Waals surface area contributed by atoms with Gasteiger partial charge in [-0.15, -0.1) is 0 Å². The molecule has 1 heterocycles. The SMILES string of the molecule is CCNc1ccc(Cl)c(C(=O)NC2CCCCCCC2)n1. The Kier molecular flexibility index (Phi) is 6.30. The highest BCUT2D eigenvalue weighted by molar-refractivity contribution is 6.33. The Morgan fingerprint density at radius 2 is 1.90 bits per heavy atom. The Bertz CT molecular complexity index is 471. The highest BCUT2D eigenvalue weighted by Crippen LogP contribution is 2.20. The van der Waals surface area contributed by atoms with Crippen LogP contribution in [0, 0.1) is 0 Å². The number of anilines is 1. The third-order valence-electron chi connectivity index (χ3n) is 3.86. The first-order valence-corrected chi connectivity index (χ1v) is 8.29. The molecule has 1 aromatic heterocycles. The summed E-state index contributed by atoms with van der Waals surface area (Å²) >= 11 is 6.12. The second-order valence-corrected chi connectivity index (χ2v) is 5.98. The van der Waals surface area contributed by atoms with E-state index in [1.807, 2.05) is 6.92 Å². The van der Waals surface area contributed by atoms with Crippen molar-refractivity contribution in [3.63, 3.8) is 0 Å². The summed E-state index contributed by atoms with van der Waals surface area (Å²) in [6.45, 7) is 2.75. The second-order valence-electron chi connectivity index (χ2n) is 5.57. The van der Waals surface area contributed by atoms with E-state index in [0.717, 1.165) is 19.4 Å². The van der Waals surface area contributed by atoms with Crippen LogP contribution in [0.25, 0.3) is 0 Å². The molecular formula is C16H24ClN3O. The molecule has 1 saturated carbocycles. The van der Waals surface area contributed by atoms with E-state index < -0.39 is 0 Å². The molecule has 1 aliphatic carbocycles. The molecule has 2 rings (SSSR count). The zero-order valence-corrected chi connectivity index (χ0v) is 13.4. The number of nitrogens with one attached hydrogen (secondary N) is 2. The Hall–Kier alpha value is -1.29. The number of hydrogen-bond acceptors (Lipinski definition) is 3. The molecule has 1 fully saturated rings. The summed E-state index contributed by atoms with van der Waals surface area (Å²) in [4.78, 5) is 16.7. The third kappa shape index (κ3) is 4.88. The first-order valence-electron chi connectivity index (χ1n) is 7.92. The molecular weight excluding hydrogens is 286 g/mol. The fourth-order valence-electron chi connectivity index (χ4n) is 2.74. The van der Waals surface area contributed by atoms with Crippen LogP contribution in [0.5, 0.6) is 0 Å². The molecule has 0 saturated heterocycles. The molecule has 1 amide bonds. The summed E-state index contributed by atoms with van der Waals surface area (Å²) in [6, 6.07) is 3.76. The number of hydrogen-bond donors (Lipinski definition) is 2. The fourth-order valence-corrected chi connectivity index (χ4v) is 2.93. The molecule has 0 aromatic carbocycles. The molecule has 1 aliphatic rings. The van der Waals surface area contributed by atoms with Gasteiger partial charge in [0.2, 0.25) is 0 Å². The lowest BCUT2D eigenvalue weighted by Crippen LogP contribution is -2.36. The number of pyridine rings is 1. The number of nitrogens with zero attached hydrogens (tertiary/aromatic N) is 1. The molecule has 1 aromatic rings. The molecule has 5 heteroatoms. The Labute approximate surface area is 131 Å². The van der Waals surface area contributed by atoms with E-state index in [1.165, 1.54) is 32.1 Å². The van der Waals surface area contributed by atoms with Crippen LogP contribution in [-0.2, 0) is 0 Å². The van der Waals surface area contributed by atoms with Crippen molar-refractivity contribution in [1.29, 1.82) is 0 Å². The number of amides is 1. The number of carbonyl (C=O) groups is 1. The Morgan fingerprint density at radius 1 is 1.24 bits per heavy atom. The smallest absolute Gasteiger partial charge is 0.271 e. The van der Waals surface area contributed by atoms with Crippen LogP contribution in [0.3, 0.4) is 0 Å². The summed E-state index contributed by atoms with van der Waals surface area (Å²) in [5, 5.41) is 6.60. The number of aromatic nitrogens is 1. The van der Waals surface area contributed by atoms with E-state index in [-0.39, 0.29) is 11.9 Å². The van der Waals surface area contributed by atoms with Gasteiger partial charge in [-0.05, 0) is 31.9 Å². The molecule has 0 atom stereocenters. The number of halogens is 1. The normalized spacial score (nSPS) is 16.9. The van der Waals surface area contributed by atoms with Crippen molar-refractivity contribution in [1.82, 2.24) is 10.3 Å². The van der Waals surface area contributed by atoms with Crippen molar-refractivity contribution in [2.24, 2.45) is 0 Å². The van der Waals surface area contributed by atoms with Crippen molar-refractivity contribution in [2.75, 3.05) is 11.9 Å². The summed E-state index contributed by atoms with van der Waals surface area (Å²) < 4.78 is 0. The molecule has 0 unspecified atom stereocenters. The van der Waals surface area contributed by atoms with Crippen molar-refractivity contribution in [3.05, 3.63) is 22.8 Å². The predicted molar refractivity (Wildman–Crippen MR) is 87.0 cm³/mol. The van der Waals surface area contributed by atoms with E-state index in [0.29, 0.717) is 16.5 Å². The maximum absolute atomic E-state index is 12.4. The first-order chi connectivity index (χ1) is 10.2. The van der Waals surface area contributed by atoms with E-state index in [4.69, 9.17) is 11.6 Å². The van der Waals surface area contributed by atoms with Crippen LogP contribution in [0.4, 0.5) is 5.82 Å². The summed E-state index contributed by atoms with van der Waals surface area (Å²) in [5.74, 6) is 0.523. The van der Waals surface area contributed by atoms with Gasteiger partial charge in [0.1, 0.15) is 11.5 Å². The zero-order valence-electron chi connectivity index (χ0n) is 12.6. The van der Waals surface area contributed by atoms with Crippen molar-refractivity contribution in [3.8, 4) is 0 Å². The van der Waals surface area contributed by atoms with Gasteiger partial charge in [0.15, 0.2) is 0 Å². The average molecular weight is 310 g/mol. The monoisotopic (exact) mass is 309 g/mol. The van der Waals surface area contributed by atoms with Gasteiger partial charge in [0.25, 0.3) is 5.91 Å². The maximum atomic E-state index is 12.4. The van der Waals surface area contributed by atoms with E-state index in [1.54, 1.807) is 12.1 Å². The minimum Gasteiger partial charge on any atom is -0.370 e. The Morgan fingerprint density at radius 3 is 2.57 bits per heavy atom. The van der Waals surface area contributed by atoms with E-state index in [2.05, 4.69) is 15.6 Å². The van der Waals surface area contributed by atoms with Gasteiger partial charge < -0.3 is 10.6 Å². The molecule has 0 spiro atoms. The lowest BCUT2D eigenvalue weighted by molar-refractivity contribution is 0.0925. The van der Waals surface area contributed by atoms with Gasteiger partial charge in [-0.1, -0.05) is 43.7 Å². The van der Waals surface area contributed by atoms with Gasteiger partial charge >= 0.3 is 0 Å². The minimum atomic E-state index is -0.162. The highest BCUT2D eigenvalue weighted by Gasteiger charge is 2.18. The maximum Gasteiger partial charge on any atom is 0.271 e. The predicted octanol–water partition coefficient (Wildman–Crippen LogP) is 4.01. The highest BCUT2D eigenvalue weighted by atomic mass is 35.5. The van der Waals surface area contributed by atoms with Gasteiger partial charge in [0.05, 0.1) is 5.02 Å². The van der Waals surface area contributed by atoms with Crippen molar-refractivity contribution < 1.29 is 4.79 Å². The molecule has 4 nitrogen and oxygen atoms in total. The van der Waals surface area contributed by atoms with Gasteiger partial charge in [-0.2, -0.15) is 0 Å². The molecule has 21 heavy (non-hydrogen) atoms. The summed E-state index contributed by atoms with van der Waals surface area (Å²) in [6.07, 6.45) is 8.32. The quantitative estimate of drug-likeness (QED) is 0.883. The van der Waals surface area contributed by atoms with Gasteiger partial charge in [0, 0.05) is 12.6 Å². The van der Waals surface area contributed by atoms with Gasteiger partial charge in [-0.25, -0.2) is 4.98 Å². The van der Waals surface area contributed by atoms with Crippen LogP contribution in [0.2, 0.25) is 5.02 Å². The lowest BCUT2D eigenvalue weighted by atomic mass is 9.96. The zero-order chi connectivity index (χ0) is 15.1. The van der Waals surface area contributed by atoms with Gasteiger partial charge in [-0.3, -0.25) is 4.79 Å². The largest absolute Gasteiger partial charge is 0.370 e. The minimum absolute atomic E-state index is 0.162. The van der Waals surface area contributed by atoms with Crippen LogP contribution < -0.4 is 10.6 Å². The van der Waals surface area contributed by atoms with E-state index in [9.17, 15) is 4.79 Å².